The van der Waals surface area contributed by atoms with E-state index in [2.05, 4.69) is 20.5 Å². The summed E-state index contributed by atoms with van der Waals surface area (Å²) >= 11 is 0. The van der Waals surface area contributed by atoms with Gasteiger partial charge in [0.1, 0.15) is 5.82 Å². The zero-order valence-electron chi connectivity index (χ0n) is 18.8. The van der Waals surface area contributed by atoms with Gasteiger partial charge in [0.15, 0.2) is 0 Å². The standard InChI is InChI=1S/C24H29FN4O4/c1-14-18(11-23(31)26-12-17(30)13-29-5-7-33-8-6-29)15(2)27-22(14)10-20-19-9-16(25)3-4-21(19)28-24(20)32/h3-4,9-10,17,27,30H,5-8,11-13H2,1-2H3,(H,26,31)(H,28,32)/b20-10-. The number of aromatic amines is 1. The number of hydrogen-bond donors (Lipinski definition) is 4. The van der Waals surface area contributed by atoms with Gasteiger partial charge in [-0.2, -0.15) is 0 Å². The van der Waals surface area contributed by atoms with Crippen molar-refractivity contribution in [2.24, 2.45) is 0 Å². The number of ether oxygens (including phenoxy) is 1. The van der Waals surface area contributed by atoms with Gasteiger partial charge in [-0.05, 0) is 49.2 Å². The van der Waals surface area contributed by atoms with Gasteiger partial charge < -0.3 is 25.5 Å². The van der Waals surface area contributed by atoms with Gasteiger partial charge in [-0.15, -0.1) is 0 Å². The molecule has 1 saturated heterocycles. The lowest BCUT2D eigenvalue weighted by atomic mass is 10.0. The van der Waals surface area contributed by atoms with Crippen LogP contribution >= 0.6 is 0 Å². The number of nitrogens with one attached hydrogen (secondary N) is 3. The van der Waals surface area contributed by atoms with Gasteiger partial charge in [0, 0.05) is 48.8 Å². The van der Waals surface area contributed by atoms with Crippen molar-refractivity contribution < 1.29 is 23.8 Å². The Hall–Kier alpha value is -3.01. The number of β-amino-alcohol motifs (C(OH)–C–C–N with tert-alkyl or cyclic N) is 1. The van der Waals surface area contributed by atoms with Gasteiger partial charge in [0.25, 0.3) is 5.91 Å². The van der Waals surface area contributed by atoms with E-state index in [4.69, 9.17) is 4.74 Å². The number of H-pyrrole nitrogens is 1. The molecule has 8 nitrogen and oxygen atoms in total. The van der Waals surface area contributed by atoms with Crippen LogP contribution in [0.25, 0.3) is 11.6 Å². The van der Waals surface area contributed by atoms with E-state index in [9.17, 15) is 19.1 Å². The van der Waals surface area contributed by atoms with Crippen molar-refractivity contribution in [1.29, 1.82) is 0 Å². The number of halogens is 1. The van der Waals surface area contributed by atoms with Crippen LogP contribution < -0.4 is 10.6 Å². The number of nitrogens with zero attached hydrogens (tertiary/aromatic N) is 1. The highest BCUT2D eigenvalue weighted by atomic mass is 19.1. The van der Waals surface area contributed by atoms with Crippen molar-refractivity contribution in [3.05, 3.63) is 52.1 Å². The number of carbonyl (C=O) groups is 2. The molecule has 0 bridgehead atoms. The van der Waals surface area contributed by atoms with Crippen LogP contribution in [0.2, 0.25) is 0 Å². The second kappa shape index (κ2) is 9.86. The molecule has 176 valence electrons. The van der Waals surface area contributed by atoms with Crippen LogP contribution in [0.15, 0.2) is 18.2 Å². The molecule has 9 heteroatoms. The number of aryl methyl sites for hydroxylation is 1. The fraction of sp³-hybridized carbons (Fsp3) is 0.417. The first-order valence-electron chi connectivity index (χ1n) is 11.1. The number of amides is 2. The molecule has 1 fully saturated rings. The summed E-state index contributed by atoms with van der Waals surface area (Å²) in [6.45, 7) is 7.29. The molecule has 2 amide bonds. The molecular formula is C24H29FN4O4. The van der Waals surface area contributed by atoms with Crippen molar-refractivity contribution in [2.75, 3.05) is 44.7 Å². The first kappa shape index (κ1) is 23.2. The van der Waals surface area contributed by atoms with Crippen molar-refractivity contribution in [3.8, 4) is 0 Å². The van der Waals surface area contributed by atoms with E-state index >= 15 is 0 Å². The molecule has 2 aromatic rings. The Morgan fingerprint density at radius 1 is 1.33 bits per heavy atom. The van der Waals surface area contributed by atoms with Crippen molar-refractivity contribution in [1.82, 2.24) is 15.2 Å². The highest BCUT2D eigenvalue weighted by Gasteiger charge is 2.25. The average molecular weight is 457 g/mol. The van der Waals surface area contributed by atoms with E-state index in [1.165, 1.54) is 12.1 Å². The number of fused-ring (bicyclic) bond motifs is 1. The fourth-order valence-electron chi connectivity index (χ4n) is 4.27. The largest absolute Gasteiger partial charge is 0.390 e. The minimum Gasteiger partial charge on any atom is -0.390 e. The first-order valence-corrected chi connectivity index (χ1v) is 11.1. The fourth-order valence-corrected chi connectivity index (χ4v) is 4.27. The predicted octanol–water partition coefficient (Wildman–Crippen LogP) is 1.62. The third-order valence-corrected chi connectivity index (χ3v) is 6.13. The van der Waals surface area contributed by atoms with Crippen LogP contribution in [0.3, 0.4) is 0 Å². The number of morpholine rings is 1. The molecule has 0 radical (unpaired) electrons. The van der Waals surface area contributed by atoms with Crippen LogP contribution in [0.4, 0.5) is 10.1 Å². The average Bonchev–Trinajstić information content (AvgIpc) is 3.23. The number of carbonyl (C=O) groups excluding carboxylic acids is 2. The molecule has 0 aliphatic carbocycles. The minimum absolute atomic E-state index is 0.152. The SMILES string of the molecule is Cc1[nH]c(/C=C2\C(=O)Nc3ccc(F)cc32)c(C)c1CC(=O)NCC(O)CN1CCOCC1. The topological polar surface area (TPSA) is 107 Å². The zero-order chi connectivity index (χ0) is 23.5. The summed E-state index contributed by atoms with van der Waals surface area (Å²) in [6.07, 6.45) is 1.19. The Bertz CT molecular complexity index is 1090. The third-order valence-electron chi connectivity index (χ3n) is 6.13. The van der Waals surface area contributed by atoms with Crippen LogP contribution in [-0.4, -0.2) is 72.3 Å². The summed E-state index contributed by atoms with van der Waals surface area (Å²) < 4.78 is 19.0. The van der Waals surface area contributed by atoms with Gasteiger partial charge >= 0.3 is 0 Å². The zero-order valence-corrected chi connectivity index (χ0v) is 18.8. The van der Waals surface area contributed by atoms with Gasteiger partial charge in [-0.3, -0.25) is 14.5 Å². The maximum atomic E-state index is 13.7. The van der Waals surface area contributed by atoms with Crippen molar-refractivity contribution >= 4 is 29.2 Å². The second-order valence-electron chi connectivity index (χ2n) is 8.52. The Morgan fingerprint density at radius 3 is 2.85 bits per heavy atom. The number of aliphatic hydroxyl groups is 1. The molecule has 4 N–H and O–H groups in total. The molecule has 4 rings (SSSR count). The molecule has 1 unspecified atom stereocenters. The molecule has 33 heavy (non-hydrogen) atoms. The Labute approximate surface area is 191 Å². The molecule has 1 atom stereocenters. The van der Waals surface area contributed by atoms with E-state index in [1.54, 1.807) is 12.1 Å². The number of rotatable bonds is 7. The normalized spacial score (nSPS) is 18.3. The van der Waals surface area contributed by atoms with Crippen LogP contribution in [0.1, 0.15) is 28.1 Å². The Morgan fingerprint density at radius 2 is 2.09 bits per heavy atom. The summed E-state index contributed by atoms with van der Waals surface area (Å²) in [4.78, 5) is 30.3. The second-order valence-corrected chi connectivity index (χ2v) is 8.52. The van der Waals surface area contributed by atoms with E-state index < -0.39 is 11.9 Å². The quantitative estimate of drug-likeness (QED) is 0.474. The number of benzene rings is 1. The molecular weight excluding hydrogens is 427 g/mol. The number of anilines is 1. The first-order chi connectivity index (χ1) is 15.8. The van der Waals surface area contributed by atoms with Crippen LogP contribution in [-0.2, 0) is 20.7 Å². The lowest BCUT2D eigenvalue weighted by molar-refractivity contribution is -0.121. The predicted molar refractivity (Wildman–Crippen MR) is 123 cm³/mol. The monoisotopic (exact) mass is 456 g/mol. The Balaban J connectivity index is 1.41. The summed E-state index contributed by atoms with van der Waals surface area (Å²) in [5.74, 6) is -0.897. The molecule has 1 aromatic carbocycles. The van der Waals surface area contributed by atoms with E-state index in [-0.39, 0.29) is 24.8 Å². The van der Waals surface area contributed by atoms with Crippen molar-refractivity contribution in [3.63, 3.8) is 0 Å². The van der Waals surface area contributed by atoms with E-state index in [0.29, 0.717) is 42.3 Å². The minimum atomic E-state index is -0.651. The molecule has 2 aliphatic heterocycles. The summed E-state index contributed by atoms with van der Waals surface area (Å²) in [7, 11) is 0. The maximum absolute atomic E-state index is 13.7. The number of aromatic nitrogens is 1. The van der Waals surface area contributed by atoms with Crippen LogP contribution in [0, 0.1) is 19.7 Å². The molecule has 0 saturated carbocycles. The lowest BCUT2D eigenvalue weighted by Gasteiger charge is -2.28. The molecule has 0 spiro atoms. The van der Waals surface area contributed by atoms with Crippen molar-refractivity contribution in [2.45, 2.75) is 26.4 Å². The van der Waals surface area contributed by atoms with Crippen LogP contribution in [0.5, 0.6) is 0 Å². The van der Waals surface area contributed by atoms with Gasteiger partial charge in [-0.1, -0.05) is 0 Å². The Kier molecular flexibility index (Phi) is 6.92. The lowest BCUT2D eigenvalue weighted by Crippen LogP contribution is -2.44. The number of aliphatic hydroxyl groups excluding tert-OH is 1. The summed E-state index contributed by atoms with van der Waals surface area (Å²) in [6, 6.07) is 4.18. The van der Waals surface area contributed by atoms with E-state index in [1.807, 2.05) is 13.8 Å². The highest BCUT2D eigenvalue weighted by molar-refractivity contribution is 6.34. The molecule has 2 aliphatic rings. The highest BCUT2D eigenvalue weighted by Crippen LogP contribution is 2.34. The maximum Gasteiger partial charge on any atom is 0.256 e. The third kappa shape index (κ3) is 5.32. The summed E-state index contributed by atoms with van der Waals surface area (Å²) in [5.41, 5.74) is 4.66. The number of hydrogen-bond acceptors (Lipinski definition) is 5. The van der Waals surface area contributed by atoms with Gasteiger partial charge in [0.2, 0.25) is 5.91 Å². The van der Waals surface area contributed by atoms with E-state index in [0.717, 1.165) is 29.9 Å². The smallest absolute Gasteiger partial charge is 0.256 e. The molecule has 3 heterocycles. The van der Waals surface area contributed by atoms with Gasteiger partial charge in [-0.25, -0.2) is 4.39 Å². The molecule has 1 aromatic heterocycles. The van der Waals surface area contributed by atoms with Gasteiger partial charge in [0.05, 0.1) is 31.3 Å². The summed E-state index contributed by atoms with van der Waals surface area (Å²) in [5, 5.41) is 15.8.